The van der Waals surface area contributed by atoms with Crippen molar-refractivity contribution in [2.75, 3.05) is 41.7 Å². The number of benzene rings is 4. The summed E-state index contributed by atoms with van der Waals surface area (Å²) in [5.41, 5.74) is 6.44. The molecule has 10 rings (SSSR count). The van der Waals surface area contributed by atoms with Crippen molar-refractivity contribution < 1.29 is 57.0 Å². The summed E-state index contributed by atoms with van der Waals surface area (Å²) in [5.74, 6) is 5.36. The summed E-state index contributed by atoms with van der Waals surface area (Å²) < 4.78 is 58.0. The van der Waals surface area contributed by atoms with Gasteiger partial charge in [-0.25, -0.2) is 0 Å². The molecule has 0 unspecified atom stereocenters. The first-order valence-corrected chi connectivity index (χ1v) is 19.2. The second kappa shape index (κ2) is 14.3. The highest BCUT2D eigenvalue weighted by atomic mass is 16.6. The Labute approximate surface area is 336 Å². The average molecular weight is 789 g/mol. The molecule has 0 saturated heterocycles. The largest absolute Gasteiger partial charge is 0.493 e. The van der Waals surface area contributed by atoms with E-state index in [9.17, 15) is 9.59 Å². The van der Waals surface area contributed by atoms with Crippen LogP contribution in [0.3, 0.4) is 0 Å². The molecule has 0 amide bonds. The van der Waals surface area contributed by atoms with Crippen LogP contribution in [0.15, 0.2) is 72.8 Å². The van der Waals surface area contributed by atoms with E-state index in [1.807, 2.05) is 38.1 Å². The summed E-state index contributed by atoms with van der Waals surface area (Å²) in [7, 11) is 6.28. The summed E-state index contributed by atoms with van der Waals surface area (Å²) in [5, 5.41) is 0. The number of carbonyl (C=O) groups is 2. The van der Waals surface area contributed by atoms with Gasteiger partial charge in [0.15, 0.2) is 34.6 Å². The van der Waals surface area contributed by atoms with Crippen LogP contribution in [-0.2, 0) is 12.8 Å². The Morgan fingerprint density at radius 1 is 0.552 bits per heavy atom. The Morgan fingerprint density at radius 2 is 0.931 bits per heavy atom. The van der Waals surface area contributed by atoms with Crippen molar-refractivity contribution in [1.82, 2.24) is 0 Å². The van der Waals surface area contributed by atoms with Crippen LogP contribution >= 0.6 is 0 Å². The van der Waals surface area contributed by atoms with E-state index < -0.39 is 24.0 Å². The quantitative estimate of drug-likeness (QED) is 0.181. The maximum Gasteiger partial charge on any atom is 0.178 e. The van der Waals surface area contributed by atoms with Gasteiger partial charge >= 0.3 is 0 Å². The van der Waals surface area contributed by atoms with Crippen LogP contribution in [0.25, 0.3) is 0 Å². The van der Waals surface area contributed by atoms with Crippen LogP contribution in [0.4, 0.5) is 0 Å². The van der Waals surface area contributed by atoms with Crippen molar-refractivity contribution in [3.63, 3.8) is 0 Å². The number of rotatable bonds is 6. The lowest BCUT2D eigenvalue weighted by Gasteiger charge is -2.37. The van der Waals surface area contributed by atoms with Crippen molar-refractivity contribution in [3.8, 4) is 57.5 Å². The van der Waals surface area contributed by atoms with Gasteiger partial charge in [0.1, 0.15) is 72.1 Å². The van der Waals surface area contributed by atoms with E-state index in [4.69, 9.17) is 47.4 Å². The van der Waals surface area contributed by atoms with E-state index in [0.29, 0.717) is 70.0 Å². The van der Waals surface area contributed by atoms with Gasteiger partial charge in [0, 0.05) is 47.2 Å². The van der Waals surface area contributed by atoms with Gasteiger partial charge < -0.3 is 47.4 Å². The first kappa shape index (κ1) is 37.3. The minimum absolute atomic E-state index is 0.0228. The molecule has 6 aliphatic heterocycles. The lowest BCUT2D eigenvalue weighted by atomic mass is 9.81. The van der Waals surface area contributed by atoms with Gasteiger partial charge in [0.05, 0.1) is 51.4 Å². The summed E-state index contributed by atoms with van der Waals surface area (Å²) in [6, 6.07) is 14.5. The number of hydrogen-bond acceptors (Lipinski definition) is 12. The predicted octanol–water partition coefficient (Wildman–Crippen LogP) is 7.41. The number of hydrogen-bond donors (Lipinski definition) is 0. The molecular weight excluding hydrogens is 744 g/mol. The molecule has 6 atom stereocenters. The number of carbonyl (C=O) groups excluding carboxylic acids is 2. The predicted molar refractivity (Wildman–Crippen MR) is 212 cm³/mol. The molecule has 0 saturated carbocycles. The first-order valence-electron chi connectivity index (χ1n) is 19.2. The van der Waals surface area contributed by atoms with E-state index >= 15 is 0 Å². The van der Waals surface area contributed by atoms with Gasteiger partial charge in [-0.2, -0.15) is 0 Å². The van der Waals surface area contributed by atoms with Crippen molar-refractivity contribution in [3.05, 3.63) is 106 Å². The number of ketones is 2. The van der Waals surface area contributed by atoms with Crippen molar-refractivity contribution >= 4 is 11.6 Å². The third-order valence-electron chi connectivity index (χ3n) is 11.7. The van der Waals surface area contributed by atoms with Gasteiger partial charge in [-0.3, -0.25) is 9.59 Å². The van der Waals surface area contributed by atoms with E-state index in [-0.39, 0.29) is 37.0 Å². The topological polar surface area (TPSA) is 126 Å². The molecule has 4 aromatic carbocycles. The van der Waals surface area contributed by atoms with Gasteiger partial charge in [0.25, 0.3) is 0 Å². The summed E-state index contributed by atoms with van der Waals surface area (Å²) >= 11 is 0. The van der Waals surface area contributed by atoms with Gasteiger partial charge in [-0.05, 0) is 61.4 Å². The molecule has 12 nitrogen and oxygen atoms in total. The number of Topliss-reactive ketones (excluding diaryl/α,β-unsaturated/α-hetero) is 2. The Balaban J connectivity index is 0.000000150. The summed E-state index contributed by atoms with van der Waals surface area (Å²) in [6.07, 6.45) is 0.315. The smallest absolute Gasteiger partial charge is 0.178 e. The molecule has 58 heavy (non-hydrogen) atoms. The van der Waals surface area contributed by atoms with Crippen LogP contribution in [0.1, 0.15) is 68.7 Å². The SMILES string of the molecule is C=C(C)[C@H]1Cc2c(ccc3c2O[C@@H]2COc4cc(OC)c(OC)cc4[C@@H]2C3=O)O1.C=C(C)[C@H]1Cc2c(ccc3c2O[C@@H]2COc4cc(OC)c(OC)cc4[C@@H]2C3=O)O1. The third-order valence-corrected chi connectivity index (χ3v) is 11.7. The fraction of sp³-hybridized carbons (Fsp3) is 0.348. The highest BCUT2D eigenvalue weighted by molar-refractivity contribution is 6.06. The lowest BCUT2D eigenvalue weighted by molar-refractivity contribution is 0.0549. The van der Waals surface area contributed by atoms with Crippen LogP contribution < -0.4 is 47.4 Å². The normalized spacial score (nSPS) is 23.4. The molecule has 300 valence electrons. The van der Waals surface area contributed by atoms with Crippen LogP contribution in [0, 0.1) is 0 Å². The minimum Gasteiger partial charge on any atom is -0.493 e. The van der Waals surface area contributed by atoms with Crippen molar-refractivity contribution in [2.45, 2.75) is 62.9 Å². The molecule has 6 heterocycles. The molecular formula is C46H44O12. The maximum absolute atomic E-state index is 13.5. The van der Waals surface area contributed by atoms with E-state index in [1.54, 1.807) is 52.7 Å². The molecule has 12 heteroatoms. The van der Waals surface area contributed by atoms with Crippen molar-refractivity contribution in [2.24, 2.45) is 0 Å². The molecule has 0 bridgehead atoms. The number of ether oxygens (including phenoxy) is 10. The monoisotopic (exact) mass is 788 g/mol. The van der Waals surface area contributed by atoms with Crippen LogP contribution in [0.5, 0.6) is 57.5 Å². The fourth-order valence-corrected chi connectivity index (χ4v) is 8.68. The molecule has 0 aromatic heterocycles. The Kier molecular flexibility index (Phi) is 9.17. The zero-order valence-electron chi connectivity index (χ0n) is 33.2. The fourth-order valence-electron chi connectivity index (χ4n) is 8.68. The third kappa shape index (κ3) is 5.87. The number of methoxy groups -OCH3 is 4. The zero-order valence-corrected chi connectivity index (χ0v) is 33.2. The number of fused-ring (bicyclic) bond motifs is 12. The van der Waals surface area contributed by atoms with E-state index in [2.05, 4.69) is 13.2 Å². The molecule has 4 aromatic rings. The zero-order chi connectivity index (χ0) is 40.6. The maximum atomic E-state index is 13.5. The Bertz CT molecular complexity index is 2250. The van der Waals surface area contributed by atoms with Gasteiger partial charge in [-0.1, -0.05) is 13.2 Å². The summed E-state index contributed by atoms with van der Waals surface area (Å²) in [6.45, 7) is 12.4. The van der Waals surface area contributed by atoms with Crippen molar-refractivity contribution in [1.29, 1.82) is 0 Å². The Morgan fingerprint density at radius 3 is 1.29 bits per heavy atom. The Hall–Kier alpha value is -6.30. The van der Waals surface area contributed by atoms with Gasteiger partial charge in [0.2, 0.25) is 0 Å². The van der Waals surface area contributed by atoms with E-state index in [1.165, 1.54) is 0 Å². The van der Waals surface area contributed by atoms with Gasteiger partial charge in [-0.15, -0.1) is 0 Å². The molecule has 0 N–H and O–H groups in total. The molecule has 0 fully saturated rings. The molecule has 6 aliphatic rings. The standard InChI is InChI=1S/2C23H22O6/c2*1-11(2)16-8-14-15(28-16)6-5-12-22(24)21-13-7-18(25-3)19(26-4)9-17(13)27-10-20(21)29-23(12)14/h2*5-7,9,16,20-21H,1,8,10H2,2-4H3/t2*16-,20-,21+/m11/s1. The highest BCUT2D eigenvalue weighted by Crippen LogP contribution is 2.52. The molecule has 0 aliphatic carbocycles. The second-order valence-electron chi connectivity index (χ2n) is 15.3. The average Bonchev–Trinajstić information content (AvgIpc) is 3.89. The van der Waals surface area contributed by atoms with Crippen LogP contribution in [0.2, 0.25) is 0 Å². The first-order chi connectivity index (χ1) is 28.0. The van der Waals surface area contributed by atoms with Crippen LogP contribution in [-0.4, -0.2) is 77.6 Å². The lowest BCUT2D eigenvalue weighted by Crippen LogP contribution is -2.43. The van der Waals surface area contributed by atoms with E-state index in [0.717, 1.165) is 44.9 Å². The summed E-state index contributed by atoms with van der Waals surface area (Å²) in [4.78, 5) is 27.0. The molecule has 0 spiro atoms. The minimum atomic E-state index is -0.455. The molecule has 0 radical (unpaired) electrons. The highest BCUT2D eigenvalue weighted by Gasteiger charge is 2.47. The second-order valence-corrected chi connectivity index (χ2v) is 15.3.